The van der Waals surface area contributed by atoms with Gasteiger partial charge in [-0.15, -0.1) is 0 Å². The highest BCUT2D eigenvalue weighted by atomic mass is 15.3. The summed E-state index contributed by atoms with van der Waals surface area (Å²) in [7, 11) is 0. The summed E-state index contributed by atoms with van der Waals surface area (Å²) in [6.45, 7) is 11.7. The molecule has 122 valence electrons. The molecule has 0 bridgehead atoms. The molecule has 2 heteroatoms. The molecule has 0 amide bonds. The average Bonchev–Trinajstić information content (AvgIpc) is 2.57. The van der Waals surface area contributed by atoms with E-state index in [1.807, 2.05) is 0 Å². The number of anilines is 1. The summed E-state index contributed by atoms with van der Waals surface area (Å²) < 4.78 is 0. The van der Waals surface area contributed by atoms with E-state index >= 15 is 0 Å². The van der Waals surface area contributed by atoms with Crippen molar-refractivity contribution in [3.05, 3.63) is 29.3 Å². The van der Waals surface area contributed by atoms with Crippen LogP contribution in [0.3, 0.4) is 0 Å². The van der Waals surface area contributed by atoms with Gasteiger partial charge in [0.1, 0.15) is 0 Å². The highest BCUT2D eigenvalue weighted by molar-refractivity contribution is 5.55. The summed E-state index contributed by atoms with van der Waals surface area (Å²) >= 11 is 0. The average molecular weight is 300 g/mol. The minimum atomic E-state index is 0.864. The van der Waals surface area contributed by atoms with Crippen LogP contribution in [0, 0.1) is 19.8 Å². The summed E-state index contributed by atoms with van der Waals surface area (Å²) in [5.74, 6) is 1.01. The molecular formula is C20H32N2. The van der Waals surface area contributed by atoms with Gasteiger partial charge in [-0.05, 0) is 62.6 Å². The zero-order chi connectivity index (χ0) is 15.5. The second-order valence-corrected chi connectivity index (χ2v) is 7.40. The first-order valence-electron chi connectivity index (χ1n) is 9.23. The second kappa shape index (κ2) is 7.04. The van der Waals surface area contributed by atoms with E-state index in [9.17, 15) is 0 Å². The second-order valence-electron chi connectivity index (χ2n) is 7.40. The van der Waals surface area contributed by atoms with Crippen molar-refractivity contribution in [1.29, 1.82) is 0 Å². The zero-order valence-corrected chi connectivity index (χ0v) is 14.6. The molecule has 1 saturated heterocycles. The van der Waals surface area contributed by atoms with Crippen LogP contribution < -0.4 is 4.90 Å². The van der Waals surface area contributed by atoms with Gasteiger partial charge in [-0.2, -0.15) is 0 Å². The summed E-state index contributed by atoms with van der Waals surface area (Å²) in [6, 6.07) is 7.71. The Labute approximate surface area is 136 Å². The lowest BCUT2D eigenvalue weighted by Crippen LogP contribution is -2.51. The molecule has 1 aromatic carbocycles. The number of hydrogen-bond donors (Lipinski definition) is 0. The predicted molar refractivity (Wildman–Crippen MR) is 95.7 cm³/mol. The van der Waals surface area contributed by atoms with Crippen molar-refractivity contribution in [1.82, 2.24) is 4.90 Å². The van der Waals surface area contributed by atoms with Crippen LogP contribution in [-0.2, 0) is 0 Å². The summed E-state index contributed by atoms with van der Waals surface area (Å²) in [5, 5.41) is 0. The van der Waals surface area contributed by atoms with E-state index in [0.29, 0.717) is 0 Å². The van der Waals surface area contributed by atoms with E-state index in [2.05, 4.69) is 48.8 Å². The zero-order valence-electron chi connectivity index (χ0n) is 14.6. The maximum Gasteiger partial charge on any atom is 0.0399 e. The molecule has 1 saturated carbocycles. The minimum Gasteiger partial charge on any atom is -0.369 e. The standard InChI is InChI=1S/C20H32N2/c1-4-18-7-9-19(10-8-18)21-11-13-22(14-12-21)20-15-16(2)5-6-17(20)3/h5-6,15,18-19H,4,7-14H2,1-3H3. The fraction of sp³-hybridized carbons (Fsp3) is 0.700. The van der Waals surface area contributed by atoms with Crippen molar-refractivity contribution in [2.24, 2.45) is 5.92 Å². The van der Waals surface area contributed by atoms with Crippen LogP contribution in [0.5, 0.6) is 0 Å². The highest BCUT2D eigenvalue weighted by Crippen LogP contribution is 2.30. The topological polar surface area (TPSA) is 6.48 Å². The van der Waals surface area contributed by atoms with Gasteiger partial charge in [0.15, 0.2) is 0 Å². The molecule has 0 unspecified atom stereocenters. The van der Waals surface area contributed by atoms with Crippen LogP contribution in [0.4, 0.5) is 5.69 Å². The van der Waals surface area contributed by atoms with Crippen molar-refractivity contribution in [3.8, 4) is 0 Å². The molecule has 1 aliphatic carbocycles. The van der Waals surface area contributed by atoms with Crippen molar-refractivity contribution in [3.63, 3.8) is 0 Å². The molecule has 0 N–H and O–H groups in total. The molecule has 2 fully saturated rings. The SMILES string of the molecule is CCC1CCC(N2CCN(c3cc(C)ccc3C)CC2)CC1. The molecule has 1 aliphatic heterocycles. The Morgan fingerprint density at radius 3 is 2.27 bits per heavy atom. The lowest BCUT2D eigenvalue weighted by molar-refractivity contribution is 0.128. The lowest BCUT2D eigenvalue weighted by atomic mass is 9.84. The molecule has 0 atom stereocenters. The maximum atomic E-state index is 2.77. The smallest absolute Gasteiger partial charge is 0.0399 e. The van der Waals surface area contributed by atoms with Crippen molar-refractivity contribution >= 4 is 5.69 Å². The van der Waals surface area contributed by atoms with Crippen molar-refractivity contribution < 1.29 is 0 Å². The first-order valence-corrected chi connectivity index (χ1v) is 9.23. The fourth-order valence-corrected chi connectivity index (χ4v) is 4.31. The third-order valence-corrected chi connectivity index (χ3v) is 5.93. The summed E-state index contributed by atoms with van der Waals surface area (Å²) in [5.41, 5.74) is 4.25. The summed E-state index contributed by atoms with van der Waals surface area (Å²) in [4.78, 5) is 5.37. The highest BCUT2D eigenvalue weighted by Gasteiger charge is 2.28. The molecule has 2 nitrogen and oxygen atoms in total. The monoisotopic (exact) mass is 300 g/mol. The van der Waals surface area contributed by atoms with Gasteiger partial charge >= 0.3 is 0 Å². The van der Waals surface area contributed by atoms with Crippen LogP contribution in [-0.4, -0.2) is 37.1 Å². The Morgan fingerprint density at radius 2 is 1.64 bits per heavy atom. The van der Waals surface area contributed by atoms with Crippen LogP contribution in [0.1, 0.15) is 50.2 Å². The lowest BCUT2D eigenvalue weighted by Gasteiger charge is -2.43. The molecule has 0 spiro atoms. The number of rotatable bonds is 3. The number of hydrogen-bond acceptors (Lipinski definition) is 2. The first kappa shape index (κ1) is 15.9. The molecular weight excluding hydrogens is 268 g/mol. The minimum absolute atomic E-state index is 0.864. The molecule has 1 aromatic rings. The maximum absolute atomic E-state index is 2.77. The normalized spacial score (nSPS) is 27.1. The van der Waals surface area contributed by atoms with Gasteiger partial charge < -0.3 is 4.90 Å². The Bertz CT molecular complexity index is 480. The number of nitrogens with zero attached hydrogens (tertiary/aromatic N) is 2. The molecule has 0 radical (unpaired) electrons. The van der Waals surface area contributed by atoms with Crippen molar-refractivity contribution in [2.75, 3.05) is 31.1 Å². The van der Waals surface area contributed by atoms with Crippen LogP contribution >= 0.6 is 0 Å². The van der Waals surface area contributed by atoms with E-state index < -0.39 is 0 Å². The molecule has 3 rings (SSSR count). The van der Waals surface area contributed by atoms with Gasteiger partial charge in [0.05, 0.1) is 0 Å². The van der Waals surface area contributed by atoms with E-state index in [1.54, 1.807) is 0 Å². The van der Waals surface area contributed by atoms with Crippen LogP contribution in [0.2, 0.25) is 0 Å². The van der Waals surface area contributed by atoms with E-state index in [0.717, 1.165) is 12.0 Å². The third-order valence-electron chi connectivity index (χ3n) is 5.93. The van der Waals surface area contributed by atoms with Gasteiger partial charge in [0.2, 0.25) is 0 Å². The number of aryl methyl sites for hydroxylation is 2. The predicted octanol–water partition coefficient (Wildman–Crippen LogP) is 4.39. The van der Waals surface area contributed by atoms with Gasteiger partial charge in [-0.3, -0.25) is 4.90 Å². The van der Waals surface area contributed by atoms with E-state index in [-0.39, 0.29) is 0 Å². The van der Waals surface area contributed by atoms with Crippen LogP contribution in [0.25, 0.3) is 0 Å². The molecule has 1 heterocycles. The first-order chi connectivity index (χ1) is 10.7. The fourth-order valence-electron chi connectivity index (χ4n) is 4.31. The van der Waals surface area contributed by atoms with Gasteiger partial charge in [-0.1, -0.05) is 25.5 Å². The van der Waals surface area contributed by atoms with Gasteiger partial charge in [-0.25, -0.2) is 0 Å². The van der Waals surface area contributed by atoms with E-state index in [1.165, 1.54) is 75.1 Å². The Morgan fingerprint density at radius 1 is 0.955 bits per heavy atom. The third kappa shape index (κ3) is 3.48. The Kier molecular flexibility index (Phi) is 5.07. The Hall–Kier alpha value is -1.02. The van der Waals surface area contributed by atoms with Gasteiger partial charge in [0.25, 0.3) is 0 Å². The van der Waals surface area contributed by atoms with Crippen molar-refractivity contribution in [2.45, 2.75) is 58.9 Å². The quantitative estimate of drug-likeness (QED) is 0.816. The molecule has 22 heavy (non-hydrogen) atoms. The van der Waals surface area contributed by atoms with E-state index in [4.69, 9.17) is 0 Å². The Balaban J connectivity index is 1.55. The van der Waals surface area contributed by atoms with Gasteiger partial charge in [0, 0.05) is 37.9 Å². The summed E-state index contributed by atoms with van der Waals surface area (Å²) in [6.07, 6.45) is 7.16. The molecule has 0 aromatic heterocycles. The number of piperazine rings is 1. The molecule has 2 aliphatic rings. The largest absolute Gasteiger partial charge is 0.369 e. The number of benzene rings is 1. The van der Waals surface area contributed by atoms with Crippen LogP contribution in [0.15, 0.2) is 18.2 Å².